The smallest absolute Gasteiger partial charge is 0.375 e. The maximum absolute atomic E-state index is 12.0. The summed E-state index contributed by atoms with van der Waals surface area (Å²) in [7, 11) is 0. The minimum absolute atomic E-state index is 0.0312. The van der Waals surface area contributed by atoms with Crippen LogP contribution < -0.4 is 5.32 Å². The quantitative estimate of drug-likeness (QED) is 0.754. The normalized spacial score (nSPS) is 16.5. The van der Waals surface area contributed by atoms with Gasteiger partial charge in [-0.2, -0.15) is 0 Å². The number of carbonyl (C=O) groups is 2. The van der Waals surface area contributed by atoms with Gasteiger partial charge in [-0.25, -0.2) is 4.79 Å². The zero-order chi connectivity index (χ0) is 17.6. The van der Waals surface area contributed by atoms with Gasteiger partial charge in [0.1, 0.15) is 0 Å². The molecule has 0 saturated heterocycles. The summed E-state index contributed by atoms with van der Waals surface area (Å²) < 4.78 is 11.2. The minimum atomic E-state index is -0.586. The molecule has 128 valence electrons. The molecule has 0 saturated carbocycles. The van der Waals surface area contributed by atoms with Crippen LogP contribution in [0.4, 0.5) is 0 Å². The van der Waals surface area contributed by atoms with E-state index in [2.05, 4.69) is 21.2 Å². The van der Waals surface area contributed by atoms with Crippen LogP contribution in [0.1, 0.15) is 17.2 Å². The highest BCUT2D eigenvalue weighted by Gasteiger charge is 2.35. The molecule has 2 aromatic carbocycles. The Labute approximate surface area is 153 Å². The molecule has 1 amide bonds. The van der Waals surface area contributed by atoms with Crippen LogP contribution in [-0.4, -0.2) is 18.5 Å². The van der Waals surface area contributed by atoms with Crippen molar-refractivity contribution in [2.24, 2.45) is 0 Å². The molecule has 0 bridgehead atoms. The molecular formula is C19H16BrNO4. The van der Waals surface area contributed by atoms with Crippen LogP contribution in [0.2, 0.25) is 0 Å². The first-order valence-electron chi connectivity index (χ1n) is 7.74. The minimum Gasteiger partial charge on any atom is -0.476 e. The number of halogens is 1. The Hall–Kier alpha value is -2.60. The summed E-state index contributed by atoms with van der Waals surface area (Å²) in [6.07, 6.45) is -0.545. The second-order valence-corrected chi connectivity index (χ2v) is 6.28. The maximum atomic E-state index is 12.0. The van der Waals surface area contributed by atoms with Gasteiger partial charge < -0.3 is 14.8 Å². The number of hydrogen-bond donors (Lipinski definition) is 1. The van der Waals surface area contributed by atoms with Crippen LogP contribution in [0.3, 0.4) is 0 Å². The summed E-state index contributed by atoms with van der Waals surface area (Å²) in [6.45, 7) is 0.147. The van der Waals surface area contributed by atoms with Gasteiger partial charge in [0.25, 0.3) is 5.91 Å². The number of nitrogens with one attached hydrogen (secondary N) is 1. The largest absolute Gasteiger partial charge is 0.476 e. The number of cyclic esters (lactones) is 1. The van der Waals surface area contributed by atoms with E-state index in [0.717, 1.165) is 11.1 Å². The van der Waals surface area contributed by atoms with E-state index in [4.69, 9.17) is 9.47 Å². The van der Waals surface area contributed by atoms with Crippen molar-refractivity contribution in [1.29, 1.82) is 0 Å². The van der Waals surface area contributed by atoms with E-state index in [9.17, 15) is 9.59 Å². The molecule has 0 fully saturated rings. The SMILES string of the molecule is O=C(COC1=C(Br)C(c2ccccc2)OC1=O)NCc1ccccc1. The highest BCUT2D eigenvalue weighted by atomic mass is 79.9. The van der Waals surface area contributed by atoms with Gasteiger partial charge in [0.2, 0.25) is 5.76 Å². The number of benzene rings is 2. The fourth-order valence-electron chi connectivity index (χ4n) is 2.38. The molecule has 6 heteroatoms. The van der Waals surface area contributed by atoms with E-state index in [1.807, 2.05) is 60.7 Å². The van der Waals surface area contributed by atoms with Gasteiger partial charge in [-0.3, -0.25) is 4.79 Å². The lowest BCUT2D eigenvalue weighted by Gasteiger charge is -2.09. The number of amides is 1. The third-order valence-corrected chi connectivity index (χ3v) is 4.42. The van der Waals surface area contributed by atoms with Crippen LogP contribution in [-0.2, 0) is 25.6 Å². The molecule has 3 rings (SSSR count). The summed E-state index contributed by atoms with van der Waals surface area (Å²) in [4.78, 5) is 23.9. The Balaban J connectivity index is 1.57. The van der Waals surface area contributed by atoms with E-state index in [-0.39, 0.29) is 18.3 Å². The fraction of sp³-hybridized carbons (Fsp3) is 0.158. The molecule has 0 aliphatic carbocycles. The third kappa shape index (κ3) is 4.28. The van der Waals surface area contributed by atoms with Gasteiger partial charge in [0.15, 0.2) is 12.7 Å². The molecule has 1 N–H and O–H groups in total. The first-order chi connectivity index (χ1) is 12.1. The lowest BCUT2D eigenvalue weighted by molar-refractivity contribution is -0.143. The number of hydrogen-bond acceptors (Lipinski definition) is 4. The molecule has 25 heavy (non-hydrogen) atoms. The zero-order valence-corrected chi connectivity index (χ0v) is 14.9. The second-order valence-electron chi connectivity index (χ2n) is 5.42. The molecule has 2 aromatic rings. The van der Waals surface area contributed by atoms with Crippen molar-refractivity contribution in [1.82, 2.24) is 5.32 Å². The van der Waals surface area contributed by atoms with Crippen molar-refractivity contribution >= 4 is 27.8 Å². The Morgan fingerprint density at radius 1 is 1.08 bits per heavy atom. The molecule has 0 aromatic heterocycles. The average Bonchev–Trinajstić information content (AvgIpc) is 2.94. The predicted molar refractivity (Wildman–Crippen MR) is 95.5 cm³/mol. The summed E-state index contributed by atoms with van der Waals surface area (Å²) in [5.41, 5.74) is 1.82. The van der Waals surface area contributed by atoms with Crippen molar-refractivity contribution in [2.75, 3.05) is 6.61 Å². The van der Waals surface area contributed by atoms with Crippen LogP contribution in [0.5, 0.6) is 0 Å². The van der Waals surface area contributed by atoms with Gasteiger partial charge in [-0.05, 0) is 27.1 Å². The topological polar surface area (TPSA) is 64.6 Å². The summed E-state index contributed by atoms with van der Waals surface area (Å²) in [5.74, 6) is -0.868. The molecule has 0 spiro atoms. The molecule has 1 atom stereocenters. The second kappa shape index (κ2) is 7.98. The van der Waals surface area contributed by atoms with Crippen LogP contribution in [0.15, 0.2) is 70.9 Å². The first kappa shape index (κ1) is 17.2. The lowest BCUT2D eigenvalue weighted by atomic mass is 10.1. The monoisotopic (exact) mass is 401 g/mol. The van der Waals surface area contributed by atoms with Gasteiger partial charge >= 0.3 is 5.97 Å². The van der Waals surface area contributed by atoms with Gasteiger partial charge in [0.05, 0.1) is 4.48 Å². The van der Waals surface area contributed by atoms with Crippen molar-refractivity contribution in [3.8, 4) is 0 Å². The van der Waals surface area contributed by atoms with Crippen molar-refractivity contribution in [2.45, 2.75) is 12.6 Å². The van der Waals surface area contributed by atoms with E-state index in [0.29, 0.717) is 11.0 Å². The van der Waals surface area contributed by atoms with Crippen LogP contribution >= 0.6 is 15.9 Å². The van der Waals surface area contributed by atoms with Gasteiger partial charge in [0, 0.05) is 6.54 Å². The van der Waals surface area contributed by atoms with Crippen molar-refractivity contribution < 1.29 is 19.1 Å². The number of carbonyl (C=O) groups excluding carboxylic acids is 2. The van der Waals surface area contributed by atoms with E-state index < -0.39 is 12.1 Å². The van der Waals surface area contributed by atoms with Crippen molar-refractivity contribution in [3.05, 3.63) is 82.0 Å². The lowest BCUT2D eigenvalue weighted by Crippen LogP contribution is -2.27. The van der Waals surface area contributed by atoms with Gasteiger partial charge in [-0.15, -0.1) is 0 Å². The summed E-state index contributed by atoms with van der Waals surface area (Å²) in [5, 5.41) is 2.74. The number of ether oxygens (including phenoxy) is 2. The summed E-state index contributed by atoms with van der Waals surface area (Å²) in [6, 6.07) is 18.9. The fourth-order valence-corrected chi connectivity index (χ4v) is 3.02. The molecule has 1 aliphatic rings. The van der Waals surface area contributed by atoms with E-state index >= 15 is 0 Å². The molecule has 1 unspecified atom stereocenters. The number of rotatable bonds is 6. The predicted octanol–water partition coefficient (Wildman–Crippen LogP) is 3.22. The zero-order valence-electron chi connectivity index (χ0n) is 13.3. The Morgan fingerprint density at radius 2 is 1.72 bits per heavy atom. The molecule has 1 heterocycles. The maximum Gasteiger partial charge on any atom is 0.375 e. The molecule has 0 radical (unpaired) electrons. The van der Waals surface area contributed by atoms with E-state index in [1.54, 1.807) is 0 Å². The molecule has 1 aliphatic heterocycles. The van der Waals surface area contributed by atoms with Crippen molar-refractivity contribution in [3.63, 3.8) is 0 Å². The first-order valence-corrected chi connectivity index (χ1v) is 8.53. The Morgan fingerprint density at radius 3 is 2.40 bits per heavy atom. The van der Waals surface area contributed by atoms with Crippen LogP contribution in [0, 0.1) is 0 Å². The summed E-state index contributed by atoms with van der Waals surface area (Å²) >= 11 is 3.35. The van der Waals surface area contributed by atoms with Gasteiger partial charge in [-0.1, -0.05) is 60.7 Å². The molecular weight excluding hydrogens is 386 g/mol. The molecule has 5 nitrogen and oxygen atoms in total. The number of esters is 1. The highest BCUT2D eigenvalue weighted by molar-refractivity contribution is 9.11. The average molecular weight is 402 g/mol. The highest BCUT2D eigenvalue weighted by Crippen LogP contribution is 2.39. The Kier molecular flexibility index (Phi) is 5.50. The standard InChI is InChI=1S/C19H16BrNO4/c20-16-17(14-9-5-2-6-10-14)25-19(23)18(16)24-12-15(22)21-11-13-7-3-1-4-8-13/h1-10,17H,11-12H2,(H,21,22). The third-order valence-electron chi connectivity index (χ3n) is 3.64. The van der Waals surface area contributed by atoms with Crippen LogP contribution in [0.25, 0.3) is 0 Å². The van der Waals surface area contributed by atoms with E-state index in [1.165, 1.54) is 0 Å². The Bertz CT molecular complexity index is 790.